The highest BCUT2D eigenvalue weighted by Gasteiger charge is 2.37. The lowest BCUT2D eigenvalue weighted by atomic mass is 10.1. The first-order valence-electron chi connectivity index (χ1n) is 7.35. The van der Waals surface area contributed by atoms with E-state index in [2.05, 4.69) is 5.32 Å². The topological polar surface area (TPSA) is 47.6 Å². The number of hydrogen-bond donors (Lipinski definition) is 1. The standard InChI is InChI=1S/C17H13F6NO3/c1-26-13-4-2-12(3-5-13)24-15(25)9-27-14-7-10(16(18,19)20)6-11(8-14)17(21,22)23/h2-8H,9H2,1H3,(H,24,25). The van der Waals surface area contributed by atoms with Crippen LogP contribution in [0.5, 0.6) is 11.5 Å². The van der Waals surface area contributed by atoms with E-state index in [0.717, 1.165) is 0 Å². The summed E-state index contributed by atoms with van der Waals surface area (Å²) in [5.41, 5.74) is -2.70. The van der Waals surface area contributed by atoms with Crippen LogP contribution in [0.15, 0.2) is 42.5 Å². The summed E-state index contributed by atoms with van der Waals surface area (Å²) < 4.78 is 86.4. The minimum Gasteiger partial charge on any atom is -0.497 e. The predicted octanol–water partition coefficient (Wildman–Crippen LogP) is 4.75. The van der Waals surface area contributed by atoms with Gasteiger partial charge in [0.15, 0.2) is 6.61 Å². The van der Waals surface area contributed by atoms with Crippen LogP contribution in [0.2, 0.25) is 0 Å². The van der Waals surface area contributed by atoms with Gasteiger partial charge >= 0.3 is 12.4 Å². The maximum atomic E-state index is 12.8. The number of halogens is 6. The van der Waals surface area contributed by atoms with E-state index in [1.54, 1.807) is 12.1 Å². The van der Waals surface area contributed by atoms with Crippen LogP contribution in [0.1, 0.15) is 11.1 Å². The van der Waals surface area contributed by atoms with E-state index in [-0.39, 0.29) is 6.07 Å². The van der Waals surface area contributed by atoms with Crippen LogP contribution >= 0.6 is 0 Å². The molecule has 0 radical (unpaired) electrons. The van der Waals surface area contributed by atoms with Crippen molar-refractivity contribution in [1.82, 2.24) is 0 Å². The molecule has 146 valence electrons. The minimum absolute atomic E-state index is 0.0235. The second-order valence-corrected chi connectivity index (χ2v) is 5.31. The zero-order chi connectivity index (χ0) is 20.2. The number of nitrogens with one attached hydrogen (secondary N) is 1. The van der Waals surface area contributed by atoms with E-state index in [1.807, 2.05) is 0 Å². The Bertz CT molecular complexity index is 768. The molecule has 1 N–H and O–H groups in total. The highest BCUT2D eigenvalue weighted by Crippen LogP contribution is 2.38. The number of ether oxygens (including phenoxy) is 2. The molecular weight excluding hydrogens is 380 g/mol. The molecule has 0 unspecified atom stereocenters. The Hall–Kier alpha value is -2.91. The Morgan fingerprint density at radius 2 is 1.41 bits per heavy atom. The first-order chi connectivity index (χ1) is 12.5. The van der Waals surface area contributed by atoms with Gasteiger partial charge in [0.25, 0.3) is 5.91 Å². The molecule has 0 aliphatic carbocycles. The summed E-state index contributed by atoms with van der Waals surface area (Å²) >= 11 is 0. The number of carbonyl (C=O) groups is 1. The summed E-state index contributed by atoms with van der Waals surface area (Å²) in [6.45, 7) is -0.773. The van der Waals surface area contributed by atoms with Crippen LogP contribution in [0.3, 0.4) is 0 Å². The molecule has 2 aromatic rings. The predicted molar refractivity (Wildman–Crippen MR) is 83.6 cm³/mol. The van der Waals surface area contributed by atoms with Crippen molar-refractivity contribution in [2.45, 2.75) is 12.4 Å². The van der Waals surface area contributed by atoms with Gasteiger partial charge in [0.2, 0.25) is 0 Å². The molecule has 1 amide bonds. The van der Waals surface area contributed by atoms with E-state index in [9.17, 15) is 31.1 Å². The van der Waals surface area contributed by atoms with Crippen molar-refractivity contribution < 1.29 is 40.6 Å². The molecule has 0 aliphatic rings. The molecule has 0 atom stereocenters. The smallest absolute Gasteiger partial charge is 0.416 e. The normalized spacial score (nSPS) is 11.8. The highest BCUT2D eigenvalue weighted by molar-refractivity contribution is 5.91. The Labute approximate surface area is 149 Å². The van der Waals surface area contributed by atoms with Crippen LogP contribution < -0.4 is 14.8 Å². The molecule has 0 aromatic heterocycles. The van der Waals surface area contributed by atoms with E-state index in [4.69, 9.17) is 9.47 Å². The number of rotatable bonds is 5. The quantitative estimate of drug-likeness (QED) is 0.746. The Balaban J connectivity index is 2.10. The van der Waals surface area contributed by atoms with Crippen molar-refractivity contribution in [2.24, 2.45) is 0 Å². The minimum atomic E-state index is -5.00. The first-order valence-corrected chi connectivity index (χ1v) is 7.35. The fourth-order valence-corrected chi connectivity index (χ4v) is 2.03. The molecule has 0 aliphatic heterocycles. The van der Waals surface area contributed by atoms with Gasteiger partial charge in [0, 0.05) is 5.69 Å². The van der Waals surface area contributed by atoms with Gasteiger partial charge < -0.3 is 14.8 Å². The van der Waals surface area contributed by atoms with Crippen molar-refractivity contribution in [3.8, 4) is 11.5 Å². The maximum absolute atomic E-state index is 12.8. The van der Waals surface area contributed by atoms with Gasteiger partial charge in [-0.3, -0.25) is 4.79 Å². The zero-order valence-electron chi connectivity index (χ0n) is 13.7. The van der Waals surface area contributed by atoms with E-state index >= 15 is 0 Å². The van der Waals surface area contributed by atoms with Gasteiger partial charge in [0.05, 0.1) is 18.2 Å². The molecule has 0 bridgehead atoms. The first kappa shape index (κ1) is 20.4. The maximum Gasteiger partial charge on any atom is 0.416 e. The molecule has 0 saturated carbocycles. The second-order valence-electron chi connectivity index (χ2n) is 5.31. The summed E-state index contributed by atoms with van der Waals surface area (Å²) in [5, 5.41) is 2.39. The Kier molecular flexibility index (Phi) is 5.87. The van der Waals surface area contributed by atoms with Crippen molar-refractivity contribution in [2.75, 3.05) is 19.0 Å². The van der Waals surface area contributed by atoms with Gasteiger partial charge in [-0.15, -0.1) is 0 Å². The monoisotopic (exact) mass is 393 g/mol. The summed E-state index contributed by atoms with van der Waals surface area (Å²) in [5.74, 6) is -0.943. The van der Waals surface area contributed by atoms with Crippen molar-refractivity contribution >= 4 is 11.6 Å². The number of benzene rings is 2. The lowest BCUT2D eigenvalue weighted by molar-refractivity contribution is -0.143. The number of hydrogen-bond acceptors (Lipinski definition) is 3. The van der Waals surface area contributed by atoms with E-state index in [1.165, 1.54) is 19.2 Å². The molecular formula is C17H13F6NO3. The van der Waals surface area contributed by atoms with Gasteiger partial charge in [-0.2, -0.15) is 26.3 Å². The summed E-state index contributed by atoms with van der Waals surface area (Å²) in [6, 6.07) is 6.89. The SMILES string of the molecule is COc1ccc(NC(=O)COc2cc(C(F)(F)F)cc(C(F)(F)F)c2)cc1. The fraction of sp³-hybridized carbons (Fsp3) is 0.235. The van der Waals surface area contributed by atoms with Crippen LogP contribution in [0.4, 0.5) is 32.0 Å². The number of alkyl halides is 6. The summed E-state index contributed by atoms with van der Waals surface area (Å²) in [7, 11) is 1.45. The van der Waals surface area contributed by atoms with Gasteiger partial charge in [-0.25, -0.2) is 0 Å². The molecule has 2 aromatic carbocycles. The van der Waals surface area contributed by atoms with Crippen LogP contribution in [0.25, 0.3) is 0 Å². The van der Waals surface area contributed by atoms with Gasteiger partial charge in [-0.1, -0.05) is 0 Å². The van der Waals surface area contributed by atoms with Crippen molar-refractivity contribution in [3.05, 3.63) is 53.6 Å². The molecule has 2 rings (SSSR count). The number of methoxy groups -OCH3 is 1. The molecule has 0 saturated heterocycles. The van der Waals surface area contributed by atoms with Crippen molar-refractivity contribution in [3.63, 3.8) is 0 Å². The average molecular weight is 393 g/mol. The third-order valence-corrected chi connectivity index (χ3v) is 3.30. The van der Waals surface area contributed by atoms with Crippen molar-refractivity contribution in [1.29, 1.82) is 0 Å². The fourth-order valence-electron chi connectivity index (χ4n) is 2.03. The average Bonchev–Trinajstić information content (AvgIpc) is 2.59. The van der Waals surface area contributed by atoms with Crippen LogP contribution in [-0.4, -0.2) is 19.6 Å². The molecule has 4 nitrogen and oxygen atoms in total. The molecule has 27 heavy (non-hydrogen) atoms. The third kappa shape index (κ3) is 5.80. The lowest BCUT2D eigenvalue weighted by Crippen LogP contribution is -2.20. The molecule has 0 spiro atoms. The summed E-state index contributed by atoms with van der Waals surface area (Å²) in [4.78, 5) is 11.8. The molecule has 10 heteroatoms. The highest BCUT2D eigenvalue weighted by atomic mass is 19.4. The number of carbonyl (C=O) groups excluding carboxylic acids is 1. The Morgan fingerprint density at radius 3 is 1.85 bits per heavy atom. The summed E-state index contributed by atoms with van der Waals surface area (Å²) in [6.07, 6.45) is -9.99. The lowest BCUT2D eigenvalue weighted by Gasteiger charge is -2.14. The second kappa shape index (κ2) is 7.77. The number of anilines is 1. The van der Waals surface area contributed by atoms with Crippen LogP contribution in [0, 0.1) is 0 Å². The third-order valence-electron chi connectivity index (χ3n) is 3.30. The molecule has 0 fully saturated rings. The van der Waals surface area contributed by atoms with Crippen LogP contribution in [-0.2, 0) is 17.1 Å². The van der Waals surface area contributed by atoms with Gasteiger partial charge in [0.1, 0.15) is 11.5 Å². The number of amides is 1. The zero-order valence-corrected chi connectivity index (χ0v) is 13.7. The van der Waals surface area contributed by atoms with E-state index in [0.29, 0.717) is 23.6 Å². The van der Waals surface area contributed by atoms with Gasteiger partial charge in [-0.05, 0) is 42.5 Å². The largest absolute Gasteiger partial charge is 0.497 e. The Morgan fingerprint density at radius 1 is 0.889 bits per heavy atom. The molecule has 0 heterocycles. The van der Waals surface area contributed by atoms with E-state index < -0.39 is 41.7 Å².